The highest BCUT2D eigenvalue weighted by Crippen LogP contribution is 2.31. The molecule has 2 atom stereocenters. The van der Waals surface area contributed by atoms with Crippen LogP contribution in [0.2, 0.25) is 0 Å². The van der Waals surface area contributed by atoms with E-state index in [9.17, 15) is 8.42 Å². The van der Waals surface area contributed by atoms with Crippen LogP contribution >= 0.6 is 11.6 Å². The fraction of sp³-hybridized carbons (Fsp3) is 0.667. The quantitative estimate of drug-likeness (QED) is 0.751. The van der Waals surface area contributed by atoms with Crippen LogP contribution in [-0.2, 0) is 9.84 Å². The minimum atomic E-state index is -2.88. The second kappa shape index (κ2) is 3.79. The van der Waals surface area contributed by atoms with E-state index < -0.39 is 9.84 Å². The van der Waals surface area contributed by atoms with Gasteiger partial charge in [0.15, 0.2) is 9.84 Å². The Bertz CT molecular complexity index is 452. The van der Waals surface area contributed by atoms with Crippen LogP contribution in [0.5, 0.6) is 0 Å². The van der Waals surface area contributed by atoms with Crippen molar-refractivity contribution in [3.8, 4) is 0 Å². The van der Waals surface area contributed by atoms with Crippen LogP contribution in [0, 0.1) is 0 Å². The Morgan fingerprint density at radius 3 is 2.87 bits per heavy atom. The van der Waals surface area contributed by atoms with Gasteiger partial charge < -0.3 is 4.42 Å². The van der Waals surface area contributed by atoms with E-state index in [0.29, 0.717) is 18.1 Å². The topological polar surface area (TPSA) is 60.2 Å². The molecule has 0 aliphatic carbocycles. The fourth-order valence-corrected chi connectivity index (χ4v) is 3.55. The van der Waals surface area contributed by atoms with Gasteiger partial charge >= 0.3 is 0 Å². The van der Waals surface area contributed by atoms with Crippen molar-refractivity contribution in [3.05, 3.63) is 17.8 Å². The van der Waals surface area contributed by atoms with Crippen LogP contribution in [0.3, 0.4) is 0 Å². The van der Waals surface area contributed by atoms with Gasteiger partial charge in [0.2, 0.25) is 5.89 Å². The summed E-state index contributed by atoms with van der Waals surface area (Å²) in [5.41, 5.74) is 0. The molecule has 1 aliphatic rings. The number of halogens is 1. The van der Waals surface area contributed by atoms with Gasteiger partial charge in [-0.25, -0.2) is 13.4 Å². The zero-order chi connectivity index (χ0) is 11.1. The maximum atomic E-state index is 11.3. The highest BCUT2D eigenvalue weighted by Gasteiger charge is 2.31. The predicted octanol–water partition coefficient (Wildman–Crippen LogP) is 1.88. The molecule has 1 aliphatic heterocycles. The molecule has 2 heterocycles. The van der Waals surface area contributed by atoms with E-state index >= 15 is 0 Å². The maximum absolute atomic E-state index is 11.3. The molecule has 15 heavy (non-hydrogen) atoms. The van der Waals surface area contributed by atoms with Crippen molar-refractivity contribution < 1.29 is 12.8 Å². The van der Waals surface area contributed by atoms with Crippen molar-refractivity contribution in [2.45, 2.75) is 24.6 Å². The Morgan fingerprint density at radius 2 is 2.40 bits per heavy atom. The summed E-state index contributed by atoms with van der Waals surface area (Å²) in [6, 6.07) is 0. The van der Waals surface area contributed by atoms with Gasteiger partial charge in [-0.15, -0.1) is 11.6 Å². The van der Waals surface area contributed by atoms with Crippen LogP contribution in [0.4, 0.5) is 0 Å². The summed E-state index contributed by atoms with van der Waals surface area (Å²) in [5.74, 6) is 1.45. The Kier molecular flexibility index (Phi) is 2.77. The van der Waals surface area contributed by atoms with Crippen molar-refractivity contribution >= 4 is 21.4 Å². The summed E-state index contributed by atoms with van der Waals surface area (Å²) in [6.45, 7) is 1.77. The lowest BCUT2D eigenvalue weighted by molar-refractivity contribution is 0.433. The van der Waals surface area contributed by atoms with Crippen LogP contribution in [0.1, 0.15) is 36.3 Å². The molecular weight excluding hydrogens is 238 g/mol. The third kappa shape index (κ3) is 2.34. The van der Waals surface area contributed by atoms with Gasteiger partial charge in [0.1, 0.15) is 11.1 Å². The van der Waals surface area contributed by atoms with E-state index in [4.69, 9.17) is 16.0 Å². The molecule has 0 N–H and O–H groups in total. The van der Waals surface area contributed by atoms with Crippen molar-refractivity contribution in [1.82, 2.24) is 4.98 Å². The smallest absolute Gasteiger partial charge is 0.212 e. The first-order valence-electron chi connectivity index (χ1n) is 4.78. The lowest BCUT2D eigenvalue weighted by Gasteiger charge is -2.01. The normalized spacial score (nSPS) is 26.7. The van der Waals surface area contributed by atoms with E-state index in [0.717, 1.165) is 0 Å². The van der Waals surface area contributed by atoms with Crippen molar-refractivity contribution in [1.29, 1.82) is 0 Å². The fourth-order valence-electron chi connectivity index (χ4n) is 1.69. The van der Waals surface area contributed by atoms with Gasteiger partial charge in [0, 0.05) is 5.92 Å². The monoisotopic (exact) mass is 249 g/mol. The highest BCUT2D eigenvalue weighted by atomic mass is 35.5. The van der Waals surface area contributed by atoms with Gasteiger partial charge in [-0.3, -0.25) is 0 Å². The Hall–Kier alpha value is -0.550. The minimum Gasteiger partial charge on any atom is -0.444 e. The lowest BCUT2D eigenvalue weighted by Crippen LogP contribution is -2.02. The van der Waals surface area contributed by atoms with Gasteiger partial charge in [-0.2, -0.15) is 0 Å². The summed E-state index contributed by atoms with van der Waals surface area (Å²) >= 11 is 5.80. The van der Waals surface area contributed by atoms with Gasteiger partial charge in [-0.1, -0.05) is 0 Å². The molecule has 0 amide bonds. The molecule has 2 unspecified atom stereocenters. The molecule has 0 aromatic carbocycles. The molecular formula is C9H12ClNO3S. The van der Waals surface area contributed by atoms with Crippen molar-refractivity contribution in [2.24, 2.45) is 0 Å². The second-order valence-electron chi connectivity index (χ2n) is 3.82. The standard InChI is InChI=1S/C9H12ClNO3S/c1-6(10)9-11-4-8(14-9)7-2-3-15(12,13)5-7/h4,6-7H,2-3,5H2,1H3. The molecule has 1 saturated heterocycles. The Balaban J connectivity index is 2.17. The van der Waals surface area contributed by atoms with Crippen LogP contribution in [0.15, 0.2) is 10.6 Å². The van der Waals surface area contributed by atoms with Gasteiger partial charge in [-0.05, 0) is 13.3 Å². The predicted molar refractivity (Wildman–Crippen MR) is 56.8 cm³/mol. The average molecular weight is 250 g/mol. The molecule has 0 radical (unpaired) electrons. The number of oxazole rings is 1. The van der Waals surface area contributed by atoms with Gasteiger partial charge in [0.05, 0.1) is 17.7 Å². The maximum Gasteiger partial charge on any atom is 0.212 e. The van der Waals surface area contributed by atoms with E-state index in [1.54, 1.807) is 13.1 Å². The molecule has 0 spiro atoms. The van der Waals surface area contributed by atoms with E-state index in [1.807, 2.05) is 0 Å². The second-order valence-corrected chi connectivity index (χ2v) is 6.70. The van der Waals surface area contributed by atoms with Gasteiger partial charge in [0.25, 0.3) is 0 Å². The summed E-state index contributed by atoms with van der Waals surface area (Å²) in [5, 5.41) is -0.281. The molecule has 4 nitrogen and oxygen atoms in total. The van der Waals surface area contributed by atoms with Crippen LogP contribution in [0.25, 0.3) is 0 Å². The van der Waals surface area contributed by atoms with E-state index in [2.05, 4.69) is 4.98 Å². The number of rotatable bonds is 2. The zero-order valence-electron chi connectivity index (χ0n) is 8.31. The number of sulfone groups is 1. The van der Waals surface area contributed by atoms with Crippen molar-refractivity contribution in [2.75, 3.05) is 11.5 Å². The third-order valence-corrected chi connectivity index (χ3v) is 4.47. The SMILES string of the molecule is CC(Cl)c1ncc(C2CCS(=O)(=O)C2)o1. The van der Waals surface area contributed by atoms with E-state index in [-0.39, 0.29) is 22.8 Å². The third-order valence-electron chi connectivity index (χ3n) is 2.52. The molecule has 1 aromatic heterocycles. The molecule has 1 aromatic rings. The number of aromatic nitrogens is 1. The molecule has 6 heteroatoms. The first kappa shape index (κ1) is 11.0. The van der Waals surface area contributed by atoms with Crippen molar-refractivity contribution in [3.63, 3.8) is 0 Å². The van der Waals surface area contributed by atoms with E-state index in [1.165, 1.54) is 0 Å². The number of hydrogen-bond acceptors (Lipinski definition) is 4. The highest BCUT2D eigenvalue weighted by molar-refractivity contribution is 7.91. The first-order valence-corrected chi connectivity index (χ1v) is 7.04. The summed E-state index contributed by atoms with van der Waals surface area (Å²) in [6.07, 6.45) is 2.20. The molecule has 0 bridgehead atoms. The number of nitrogens with zero attached hydrogens (tertiary/aromatic N) is 1. The van der Waals surface area contributed by atoms with Crippen LogP contribution in [-0.4, -0.2) is 24.9 Å². The first-order chi connectivity index (χ1) is 6.98. The summed E-state index contributed by atoms with van der Waals surface area (Å²) < 4.78 is 27.9. The molecule has 0 saturated carbocycles. The molecule has 2 rings (SSSR count). The Morgan fingerprint density at radius 1 is 1.67 bits per heavy atom. The largest absolute Gasteiger partial charge is 0.444 e. The summed E-state index contributed by atoms with van der Waals surface area (Å²) in [7, 11) is -2.88. The molecule has 1 fully saturated rings. The number of hydrogen-bond donors (Lipinski definition) is 0. The minimum absolute atomic E-state index is 0.0494. The zero-order valence-corrected chi connectivity index (χ0v) is 9.88. The average Bonchev–Trinajstić information content (AvgIpc) is 2.70. The lowest BCUT2D eigenvalue weighted by atomic mass is 10.1. The Labute approximate surface area is 93.6 Å². The molecule has 84 valence electrons. The summed E-state index contributed by atoms with van der Waals surface area (Å²) in [4.78, 5) is 4.01. The number of alkyl halides is 1. The van der Waals surface area contributed by atoms with Crippen LogP contribution < -0.4 is 0 Å².